The SMILES string of the molecule is Cc1ccc(Nc2nccc(Nc3n[nH]c(C)c3C)n2)cc1. The highest BCUT2D eigenvalue weighted by atomic mass is 15.2. The summed E-state index contributed by atoms with van der Waals surface area (Å²) in [5.74, 6) is 2.01. The molecular formula is C16H18N6. The van der Waals surface area contributed by atoms with Crippen molar-refractivity contribution in [2.45, 2.75) is 20.8 Å². The lowest BCUT2D eigenvalue weighted by molar-refractivity contribution is 1.04. The Kier molecular flexibility index (Phi) is 3.74. The van der Waals surface area contributed by atoms with E-state index in [2.05, 4.69) is 37.7 Å². The second-order valence-corrected chi connectivity index (χ2v) is 5.20. The van der Waals surface area contributed by atoms with E-state index in [1.165, 1.54) is 5.56 Å². The van der Waals surface area contributed by atoms with Gasteiger partial charge in [0.1, 0.15) is 5.82 Å². The van der Waals surface area contributed by atoms with Crippen LogP contribution in [0.1, 0.15) is 16.8 Å². The Morgan fingerprint density at radius 1 is 0.955 bits per heavy atom. The molecule has 0 atom stereocenters. The monoisotopic (exact) mass is 294 g/mol. The maximum Gasteiger partial charge on any atom is 0.229 e. The summed E-state index contributed by atoms with van der Waals surface area (Å²) in [7, 11) is 0. The Morgan fingerprint density at radius 3 is 2.41 bits per heavy atom. The van der Waals surface area contributed by atoms with E-state index in [4.69, 9.17) is 0 Å². The van der Waals surface area contributed by atoms with E-state index in [-0.39, 0.29) is 0 Å². The molecule has 0 fully saturated rings. The minimum Gasteiger partial charge on any atom is -0.324 e. The van der Waals surface area contributed by atoms with Crippen LogP contribution in [0.2, 0.25) is 0 Å². The summed E-state index contributed by atoms with van der Waals surface area (Å²) in [6.07, 6.45) is 1.71. The fraction of sp³-hybridized carbons (Fsp3) is 0.188. The zero-order valence-electron chi connectivity index (χ0n) is 12.8. The number of H-pyrrole nitrogens is 1. The number of nitrogens with one attached hydrogen (secondary N) is 3. The molecule has 0 unspecified atom stereocenters. The average Bonchev–Trinajstić information content (AvgIpc) is 2.82. The normalized spacial score (nSPS) is 10.5. The van der Waals surface area contributed by atoms with Crippen molar-refractivity contribution in [2.24, 2.45) is 0 Å². The quantitative estimate of drug-likeness (QED) is 0.685. The molecule has 0 aliphatic carbocycles. The van der Waals surface area contributed by atoms with Crippen molar-refractivity contribution in [3.05, 3.63) is 53.3 Å². The van der Waals surface area contributed by atoms with Gasteiger partial charge in [0.25, 0.3) is 0 Å². The van der Waals surface area contributed by atoms with E-state index in [1.54, 1.807) is 6.20 Å². The van der Waals surface area contributed by atoms with Crippen LogP contribution < -0.4 is 10.6 Å². The van der Waals surface area contributed by atoms with Gasteiger partial charge in [-0.15, -0.1) is 0 Å². The van der Waals surface area contributed by atoms with Crippen molar-refractivity contribution in [2.75, 3.05) is 10.6 Å². The first-order valence-corrected chi connectivity index (χ1v) is 7.07. The Labute approximate surface area is 129 Å². The second kappa shape index (κ2) is 5.85. The number of anilines is 4. The summed E-state index contributed by atoms with van der Waals surface area (Å²) in [5.41, 5.74) is 4.28. The molecule has 0 amide bonds. The molecule has 3 N–H and O–H groups in total. The molecule has 0 radical (unpaired) electrons. The lowest BCUT2D eigenvalue weighted by atomic mass is 10.2. The van der Waals surface area contributed by atoms with Crippen LogP contribution in [0, 0.1) is 20.8 Å². The van der Waals surface area contributed by atoms with Gasteiger partial charge in [-0.25, -0.2) is 4.98 Å². The smallest absolute Gasteiger partial charge is 0.229 e. The first kappa shape index (κ1) is 14.1. The van der Waals surface area contributed by atoms with Crippen molar-refractivity contribution in [1.82, 2.24) is 20.2 Å². The van der Waals surface area contributed by atoms with Crippen molar-refractivity contribution in [1.29, 1.82) is 0 Å². The molecule has 0 saturated carbocycles. The van der Waals surface area contributed by atoms with E-state index < -0.39 is 0 Å². The molecule has 1 aromatic carbocycles. The van der Waals surface area contributed by atoms with Gasteiger partial charge in [-0.2, -0.15) is 10.1 Å². The molecule has 112 valence electrons. The highest BCUT2D eigenvalue weighted by Crippen LogP contribution is 2.20. The predicted octanol–water partition coefficient (Wildman–Crippen LogP) is 3.61. The van der Waals surface area contributed by atoms with Crippen LogP contribution >= 0.6 is 0 Å². The zero-order chi connectivity index (χ0) is 15.5. The van der Waals surface area contributed by atoms with E-state index in [1.807, 2.05) is 44.2 Å². The van der Waals surface area contributed by atoms with Gasteiger partial charge in [0.15, 0.2) is 5.82 Å². The summed E-state index contributed by atoms with van der Waals surface area (Å²) in [6, 6.07) is 9.89. The van der Waals surface area contributed by atoms with Gasteiger partial charge in [-0.3, -0.25) is 5.10 Å². The maximum atomic E-state index is 4.45. The summed E-state index contributed by atoms with van der Waals surface area (Å²) in [4.78, 5) is 8.68. The van der Waals surface area contributed by atoms with Gasteiger partial charge >= 0.3 is 0 Å². The number of aromatic nitrogens is 4. The Bertz CT molecular complexity index is 776. The largest absolute Gasteiger partial charge is 0.324 e. The summed E-state index contributed by atoms with van der Waals surface area (Å²) in [5, 5.41) is 13.5. The fourth-order valence-electron chi connectivity index (χ4n) is 1.98. The van der Waals surface area contributed by atoms with Crippen LogP contribution in [0.3, 0.4) is 0 Å². The standard InChI is InChI=1S/C16H18N6/c1-10-4-6-13(7-5-10)18-16-17-9-8-14(20-16)19-15-11(2)12(3)21-22-15/h4-9H,1-3H3,(H3,17,18,19,20,21,22). The van der Waals surface area contributed by atoms with Crippen molar-refractivity contribution in [3.8, 4) is 0 Å². The van der Waals surface area contributed by atoms with E-state index in [0.717, 1.165) is 22.8 Å². The third-order valence-electron chi connectivity index (χ3n) is 3.46. The first-order valence-electron chi connectivity index (χ1n) is 7.07. The van der Waals surface area contributed by atoms with Gasteiger partial charge in [0.05, 0.1) is 0 Å². The molecule has 2 aromatic heterocycles. The molecule has 0 spiro atoms. The Hall–Kier alpha value is -2.89. The summed E-state index contributed by atoms with van der Waals surface area (Å²) >= 11 is 0. The van der Waals surface area contributed by atoms with Gasteiger partial charge < -0.3 is 10.6 Å². The van der Waals surface area contributed by atoms with Crippen LogP contribution in [0.25, 0.3) is 0 Å². The predicted molar refractivity (Wildman–Crippen MR) is 87.8 cm³/mol. The third kappa shape index (κ3) is 3.06. The maximum absolute atomic E-state index is 4.45. The van der Waals surface area contributed by atoms with E-state index >= 15 is 0 Å². The van der Waals surface area contributed by atoms with Crippen LogP contribution in [0.15, 0.2) is 36.5 Å². The van der Waals surface area contributed by atoms with E-state index in [9.17, 15) is 0 Å². The molecule has 3 rings (SSSR count). The number of aryl methyl sites for hydroxylation is 2. The minimum atomic E-state index is 0.541. The van der Waals surface area contributed by atoms with Gasteiger partial charge in [-0.05, 0) is 39.0 Å². The Balaban J connectivity index is 1.77. The van der Waals surface area contributed by atoms with Crippen molar-refractivity contribution < 1.29 is 0 Å². The lowest BCUT2D eigenvalue weighted by Gasteiger charge is -2.07. The summed E-state index contributed by atoms with van der Waals surface area (Å²) in [6.45, 7) is 6.05. The average molecular weight is 294 g/mol. The second-order valence-electron chi connectivity index (χ2n) is 5.20. The molecule has 0 saturated heterocycles. The van der Waals surface area contributed by atoms with Crippen LogP contribution in [0.4, 0.5) is 23.3 Å². The zero-order valence-corrected chi connectivity index (χ0v) is 12.8. The third-order valence-corrected chi connectivity index (χ3v) is 3.46. The number of aromatic amines is 1. The highest BCUT2D eigenvalue weighted by Gasteiger charge is 2.07. The molecule has 3 aromatic rings. The summed E-state index contributed by atoms with van der Waals surface area (Å²) < 4.78 is 0. The molecule has 6 nitrogen and oxygen atoms in total. The molecule has 0 bridgehead atoms. The van der Waals surface area contributed by atoms with Crippen LogP contribution in [0.5, 0.6) is 0 Å². The number of benzene rings is 1. The van der Waals surface area contributed by atoms with Crippen molar-refractivity contribution >= 4 is 23.3 Å². The topological polar surface area (TPSA) is 78.5 Å². The minimum absolute atomic E-state index is 0.541. The van der Waals surface area contributed by atoms with Crippen LogP contribution in [-0.4, -0.2) is 20.2 Å². The highest BCUT2D eigenvalue weighted by molar-refractivity contribution is 5.59. The van der Waals surface area contributed by atoms with Gasteiger partial charge in [0.2, 0.25) is 5.95 Å². The molecule has 0 aliphatic rings. The van der Waals surface area contributed by atoms with Crippen LogP contribution in [-0.2, 0) is 0 Å². The number of hydrogen-bond acceptors (Lipinski definition) is 5. The number of rotatable bonds is 4. The van der Waals surface area contributed by atoms with Gasteiger partial charge in [-0.1, -0.05) is 17.7 Å². The lowest BCUT2D eigenvalue weighted by Crippen LogP contribution is -2.01. The Morgan fingerprint density at radius 2 is 1.73 bits per heavy atom. The molecule has 0 aliphatic heterocycles. The fourth-order valence-corrected chi connectivity index (χ4v) is 1.98. The van der Waals surface area contributed by atoms with E-state index in [0.29, 0.717) is 11.8 Å². The number of hydrogen-bond donors (Lipinski definition) is 3. The molecule has 22 heavy (non-hydrogen) atoms. The van der Waals surface area contributed by atoms with Crippen molar-refractivity contribution in [3.63, 3.8) is 0 Å². The first-order chi connectivity index (χ1) is 10.6. The molecular weight excluding hydrogens is 276 g/mol. The molecule has 2 heterocycles. The van der Waals surface area contributed by atoms with Gasteiger partial charge in [0, 0.05) is 23.1 Å². The number of nitrogens with zero attached hydrogens (tertiary/aromatic N) is 3. The molecule has 6 heteroatoms.